The van der Waals surface area contributed by atoms with Crippen molar-refractivity contribution >= 4 is 22.5 Å². The number of anilines is 1. The number of H-pyrrole nitrogens is 1. The van der Waals surface area contributed by atoms with Crippen LogP contribution in [0.25, 0.3) is 22.2 Å². The van der Waals surface area contributed by atoms with Gasteiger partial charge in [-0.05, 0) is 55.1 Å². The third kappa shape index (κ3) is 4.67. The Kier molecular flexibility index (Phi) is 6.09. The Balaban J connectivity index is 1.15. The van der Waals surface area contributed by atoms with Crippen molar-refractivity contribution in [3.05, 3.63) is 83.4 Å². The molecule has 3 aromatic carbocycles. The molecule has 6 rings (SSSR count). The lowest BCUT2D eigenvalue weighted by Gasteiger charge is -2.32. The predicted molar refractivity (Wildman–Crippen MR) is 150 cm³/mol. The molecule has 1 amide bonds. The monoisotopic (exact) mass is 493 g/mol. The van der Waals surface area contributed by atoms with Crippen LogP contribution >= 0.6 is 0 Å². The predicted octanol–water partition coefficient (Wildman–Crippen LogP) is 5.42. The van der Waals surface area contributed by atoms with Gasteiger partial charge in [-0.2, -0.15) is 5.10 Å². The van der Waals surface area contributed by atoms with Gasteiger partial charge in [0.2, 0.25) is 5.91 Å². The molecule has 4 aromatic rings. The summed E-state index contributed by atoms with van der Waals surface area (Å²) in [6.45, 7) is 9.60. The summed E-state index contributed by atoms with van der Waals surface area (Å²) in [7, 11) is 2.19. The number of nitrogens with zero attached hydrogens (tertiary/aromatic N) is 3. The lowest BCUT2D eigenvalue weighted by molar-refractivity contribution is -0.120. The van der Waals surface area contributed by atoms with E-state index in [-0.39, 0.29) is 11.8 Å². The second-order valence-electron chi connectivity index (χ2n) is 11.1. The van der Waals surface area contributed by atoms with Gasteiger partial charge in [-0.15, -0.1) is 0 Å². The molecule has 0 bridgehead atoms. The number of hydrogen-bond acceptors (Lipinski definition) is 4. The highest BCUT2D eigenvalue weighted by atomic mass is 16.2. The Morgan fingerprint density at radius 1 is 1.05 bits per heavy atom. The van der Waals surface area contributed by atoms with Crippen molar-refractivity contribution in [3.8, 4) is 11.3 Å². The molecule has 6 heteroatoms. The summed E-state index contributed by atoms with van der Waals surface area (Å²) in [5.74, 6) is 0.301. The third-order valence-electron chi connectivity index (χ3n) is 8.37. The molecular formula is C31H35N5O. The number of aromatic nitrogens is 2. The van der Waals surface area contributed by atoms with Gasteiger partial charge < -0.3 is 10.2 Å². The fourth-order valence-corrected chi connectivity index (χ4v) is 5.59. The van der Waals surface area contributed by atoms with Gasteiger partial charge in [-0.1, -0.05) is 61.5 Å². The molecule has 0 radical (unpaired) electrons. The molecule has 2 atom stereocenters. The van der Waals surface area contributed by atoms with Crippen molar-refractivity contribution in [3.63, 3.8) is 0 Å². The molecule has 1 saturated carbocycles. The van der Waals surface area contributed by atoms with E-state index in [9.17, 15) is 4.79 Å². The van der Waals surface area contributed by atoms with Gasteiger partial charge in [0.15, 0.2) is 0 Å². The van der Waals surface area contributed by atoms with Crippen LogP contribution in [0.3, 0.4) is 0 Å². The number of rotatable bonds is 6. The van der Waals surface area contributed by atoms with Crippen molar-refractivity contribution in [1.29, 1.82) is 0 Å². The molecular weight excluding hydrogens is 458 g/mol. The summed E-state index contributed by atoms with van der Waals surface area (Å²) < 4.78 is 0. The summed E-state index contributed by atoms with van der Waals surface area (Å²) in [5, 5.41) is 12.1. The second kappa shape index (κ2) is 9.43. The van der Waals surface area contributed by atoms with E-state index in [4.69, 9.17) is 0 Å². The third-order valence-corrected chi connectivity index (χ3v) is 8.37. The van der Waals surface area contributed by atoms with Crippen LogP contribution in [0.2, 0.25) is 0 Å². The number of likely N-dealkylation sites (N-methyl/N-ethyl adjacent to an activating group) is 1. The molecule has 2 aliphatic rings. The first-order valence-electron chi connectivity index (χ1n) is 13.3. The number of hydrogen-bond donors (Lipinski definition) is 2. The number of nitrogens with one attached hydrogen (secondary N) is 2. The van der Waals surface area contributed by atoms with Crippen molar-refractivity contribution in [2.45, 2.75) is 32.7 Å². The molecule has 2 N–H and O–H groups in total. The van der Waals surface area contributed by atoms with Gasteiger partial charge in [0.1, 0.15) is 0 Å². The normalized spacial score (nSPS) is 22.3. The topological polar surface area (TPSA) is 64.3 Å². The van der Waals surface area contributed by atoms with Crippen LogP contribution < -0.4 is 5.32 Å². The van der Waals surface area contributed by atoms with Gasteiger partial charge in [0.05, 0.1) is 16.6 Å². The number of para-hydroxylation sites is 1. The minimum atomic E-state index is -0.390. The zero-order valence-electron chi connectivity index (χ0n) is 21.9. The molecule has 1 aromatic heterocycles. The van der Waals surface area contributed by atoms with Gasteiger partial charge in [-0.3, -0.25) is 14.8 Å². The van der Waals surface area contributed by atoms with Crippen LogP contribution in [0.15, 0.2) is 66.7 Å². The average molecular weight is 494 g/mol. The molecule has 37 heavy (non-hydrogen) atoms. The van der Waals surface area contributed by atoms with E-state index >= 15 is 0 Å². The highest BCUT2D eigenvalue weighted by molar-refractivity contribution is 5.99. The summed E-state index contributed by atoms with van der Waals surface area (Å²) in [6.07, 6.45) is 0.853. The van der Waals surface area contributed by atoms with E-state index in [0.717, 1.165) is 72.6 Å². The SMILES string of the molecule is Cc1ccccc1NC(=O)[C@]1(C)C[C@H]1c1ccc2c(-c3ccc(CN4CCN(C)CC4)cc3)n[nH]c2c1. The fourth-order valence-electron chi connectivity index (χ4n) is 5.59. The Morgan fingerprint density at radius 3 is 2.57 bits per heavy atom. The smallest absolute Gasteiger partial charge is 0.230 e. The minimum absolute atomic E-state index is 0.0915. The Hall–Kier alpha value is -3.48. The van der Waals surface area contributed by atoms with Crippen molar-refractivity contribution in [2.24, 2.45) is 5.41 Å². The number of carbonyl (C=O) groups excluding carboxylic acids is 1. The van der Waals surface area contributed by atoms with E-state index in [2.05, 4.69) is 81.7 Å². The van der Waals surface area contributed by atoms with Gasteiger partial charge in [0.25, 0.3) is 0 Å². The van der Waals surface area contributed by atoms with E-state index in [1.807, 2.05) is 31.2 Å². The second-order valence-corrected chi connectivity index (χ2v) is 11.1. The minimum Gasteiger partial charge on any atom is -0.325 e. The van der Waals surface area contributed by atoms with Crippen LogP contribution in [-0.4, -0.2) is 59.1 Å². The number of aryl methyl sites for hydroxylation is 1. The number of benzene rings is 3. The van der Waals surface area contributed by atoms with Crippen LogP contribution in [-0.2, 0) is 11.3 Å². The molecule has 190 valence electrons. The van der Waals surface area contributed by atoms with E-state index < -0.39 is 5.41 Å². The van der Waals surface area contributed by atoms with E-state index in [1.54, 1.807) is 0 Å². The molecule has 2 heterocycles. The molecule has 6 nitrogen and oxygen atoms in total. The van der Waals surface area contributed by atoms with Crippen molar-refractivity contribution in [1.82, 2.24) is 20.0 Å². The maximum atomic E-state index is 13.1. The first-order valence-corrected chi connectivity index (χ1v) is 13.3. The molecule has 0 spiro atoms. The quantitative estimate of drug-likeness (QED) is 0.377. The fraction of sp³-hybridized carbons (Fsp3) is 0.355. The summed E-state index contributed by atoms with van der Waals surface area (Å²) in [4.78, 5) is 18.0. The van der Waals surface area contributed by atoms with Crippen LogP contribution in [0, 0.1) is 12.3 Å². The van der Waals surface area contributed by atoms with E-state index in [0.29, 0.717) is 0 Å². The molecule has 1 aliphatic carbocycles. The van der Waals surface area contributed by atoms with Gasteiger partial charge in [-0.25, -0.2) is 0 Å². The van der Waals surface area contributed by atoms with Crippen LogP contribution in [0.1, 0.15) is 36.0 Å². The number of fused-ring (bicyclic) bond motifs is 1. The number of carbonyl (C=O) groups is 1. The van der Waals surface area contributed by atoms with Gasteiger partial charge in [0, 0.05) is 49.4 Å². The zero-order valence-corrected chi connectivity index (χ0v) is 21.9. The number of aromatic amines is 1. The average Bonchev–Trinajstić information content (AvgIpc) is 3.44. The lowest BCUT2D eigenvalue weighted by atomic mass is 9.98. The number of piperazine rings is 1. The summed E-state index contributed by atoms with van der Waals surface area (Å²) >= 11 is 0. The lowest BCUT2D eigenvalue weighted by Crippen LogP contribution is -2.43. The van der Waals surface area contributed by atoms with E-state index in [1.165, 1.54) is 11.1 Å². The highest BCUT2D eigenvalue weighted by Crippen LogP contribution is 2.59. The highest BCUT2D eigenvalue weighted by Gasteiger charge is 2.56. The molecule has 1 aliphatic heterocycles. The maximum Gasteiger partial charge on any atom is 0.230 e. The summed E-state index contributed by atoms with van der Waals surface area (Å²) in [6, 6.07) is 23.2. The molecule has 1 saturated heterocycles. The molecule has 0 unspecified atom stereocenters. The first kappa shape index (κ1) is 23.9. The largest absolute Gasteiger partial charge is 0.325 e. The van der Waals surface area contributed by atoms with Crippen molar-refractivity contribution < 1.29 is 4.79 Å². The standard InChI is InChI=1S/C31H35N5O/c1-21-6-4-5-7-27(21)32-30(37)31(2)19-26(31)24-12-13-25-28(18-24)33-34-29(25)23-10-8-22(9-11-23)20-36-16-14-35(3)15-17-36/h4-13,18,26H,14-17,19-20H2,1-3H3,(H,32,37)(H,33,34)/t26-,31+/m0/s1. The number of amides is 1. The maximum absolute atomic E-state index is 13.1. The zero-order chi connectivity index (χ0) is 25.6. The van der Waals surface area contributed by atoms with Crippen molar-refractivity contribution in [2.75, 3.05) is 38.5 Å². The molecule has 2 fully saturated rings. The Morgan fingerprint density at radius 2 is 1.81 bits per heavy atom. The summed E-state index contributed by atoms with van der Waals surface area (Å²) in [5.41, 5.74) is 7.22. The Bertz CT molecular complexity index is 1430. The first-order chi connectivity index (χ1) is 17.9. The van der Waals surface area contributed by atoms with Gasteiger partial charge >= 0.3 is 0 Å². The Labute approximate surface area is 218 Å². The van der Waals surface area contributed by atoms with Crippen LogP contribution in [0.4, 0.5) is 5.69 Å². The van der Waals surface area contributed by atoms with Crippen LogP contribution in [0.5, 0.6) is 0 Å².